The summed E-state index contributed by atoms with van der Waals surface area (Å²) < 4.78 is 12.4. The van der Waals surface area contributed by atoms with Gasteiger partial charge in [0.2, 0.25) is 17.7 Å². The summed E-state index contributed by atoms with van der Waals surface area (Å²) in [6.45, 7) is 15.4. The van der Waals surface area contributed by atoms with Crippen LogP contribution in [0.3, 0.4) is 0 Å². The van der Waals surface area contributed by atoms with Crippen LogP contribution in [-0.4, -0.2) is 174 Å². The first kappa shape index (κ1) is 55.8. The van der Waals surface area contributed by atoms with E-state index in [9.17, 15) is 24.3 Å². The van der Waals surface area contributed by atoms with Crippen LogP contribution in [0.1, 0.15) is 118 Å². The second kappa shape index (κ2) is 26.1. The number of fused-ring (bicyclic) bond motifs is 2. The monoisotopic (exact) mass is 1060 g/mol. The summed E-state index contributed by atoms with van der Waals surface area (Å²) in [5.41, 5.74) is 13.5. The van der Waals surface area contributed by atoms with E-state index in [1.165, 1.54) is 17.7 Å². The number of rotatable bonds is 24. The minimum Gasteiger partial charge on any atom is -0.491 e. The van der Waals surface area contributed by atoms with E-state index in [0.29, 0.717) is 100 Å². The molecule has 7 aliphatic rings. The summed E-state index contributed by atoms with van der Waals surface area (Å²) in [6, 6.07) is 13.4. The molecule has 6 fully saturated rings. The minimum atomic E-state index is -0.892. The number of amides is 4. The molecule has 9 rings (SSSR count). The molecule has 1 aliphatic carbocycles. The normalized spacial score (nSPS) is 29.4. The van der Waals surface area contributed by atoms with Gasteiger partial charge in [0.1, 0.15) is 24.4 Å². The van der Waals surface area contributed by atoms with Crippen LogP contribution in [0.4, 0.5) is 0 Å². The molecular weight excluding hydrogens is 975 g/mol. The Balaban J connectivity index is 0.685. The topological polar surface area (TPSA) is 228 Å². The van der Waals surface area contributed by atoms with E-state index in [4.69, 9.17) is 9.47 Å². The molecule has 11 atom stereocenters. The molecule has 0 aromatic heterocycles. The molecule has 2 aromatic rings. The zero-order valence-electron chi connectivity index (χ0n) is 44.8. The van der Waals surface area contributed by atoms with Crippen molar-refractivity contribution in [2.75, 3.05) is 65.0 Å². The van der Waals surface area contributed by atoms with Gasteiger partial charge in [0.25, 0.3) is 5.91 Å². The van der Waals surface area contributed by atoms with Crippen LogP contribution in [-0.2, 0) is 32.2 Å². The van der Waals surface area contributed by atoms with Gasteiger partial charge in [0.05, 0.1) is 44.2 Å². The highest BCUT2D eigenvalue weighted by Gasteiger charge is 2.46. The van der Waals surface area contributed by atoms with Crippen molar-refractivity contribution in [2.24, 2.45) is 11.8 Å². The molecule has 1 saturated carbocycles. The summed E-state index contributed by atoms with van der Waals surface area (Å²) in [4.78, 5) is 57.7. The number of nitrogens with zero attached hydrogens (tertiary/aromatic N) is 4. The maximum absolute atomic E-state index is 14.3. The number of hydrogen-bond acceptors (Lipinski definition) is 17. The SMILES string of the molecule is CCC(CC)C1CC(N[C@H]2CC[C@H](NCC(=O)NCC3CN(CCOCCOc4cc(C5SCNC5C)ccc4CNC(=O)[C@@H]4C[C@@H](O)CN4C(=O)[C@H](C(C)C)N4Cc5ccccc5C4=O)NN3)C2)N2NCCC2N1. The fourth-order valence-corrected chi connectivity index (χ4v) is 13.7. The minimum absolute atomic E-state index is 0.00129. The number of benzene rings is 2. The van der Waals surface area contributed by atoms with Crippen molar-refractivity contribution in [3.63, 3.8) is 0 Å². The van der Waals surface area contributed by atoms with E-state index < -0.39 is 18.2 Å². The number of thioether (sulfide) groups is 1. The Labute approximate surface area is 447 Å². The number of likely N-dealkylation sites (tertiary alicyclic amines) is 1. The van der Waals surface area contributed by atoms with Crippen LogP contribution in [0.25, 0.3) is 0 Å². The highest BCUT2D eigenvalue weighted by atomic mass is 32.2. The first-order valence-corrected chi connectivity index (χ1v) is 29.1. The highest BCUT2D eigenvalue weighted by molar-refractivity contribution is 7.99. The van der Waals surface area contributed by atoms with Crippen LogP contribution in [0.5, 0.6) is 5.75 Å². The first-order chi connectivity index (χ1) is 36.4. The molecule has 20 nitrogen and oxygen atoms in total. The molecule has 0 radical (unpaired) electrons. The number of β-amino-alcohol motifs (C(OH)–C–C–N with tert-alkyl or cyclic N) is 1. The Morgan fingerprint density at radius 1 is 0.960 bits per heavy atom. The van der Waals surface area contributed by atoms with Crippen LogP contribution < -0.4 is 53.0 Å². The lowest BCUT2D eigenvalue weighted by Gasteiger charge is -2.45. The van der Waals surface area contributed by atoms with Gasteiger partial charge in [0, 0.05) is 98.7 Å². The first-order valence-electron chi connectivity index (χ1n) is 28.0. The molecule has 6 heterocycles. The van der Waals surface area contributed by atoms with Crippen LogP contribution in [0, 0.1) is 11.8 Å². The number of aliphatic hydroxyl groups excluding tert-OH is 1. The van der Waals surface area contributed by atoms with Crippen molar-refractivity contribution in [2.45, 2.75) is 165 Å². The maximum Gasteiger partial charge on any atom is 0.255 e. The molecule has 5 saturated heterocycles. The van der Waals surface area contributed by atoms with E-state index in [0.717, 1.165) is 61.2 Å². The van der Waals surface area contributed by atoms with Crippen LogP contribution >= 0.6 is 11.8 Å². The van der Waals surface area contributed by atoms with Gasteiger partial charge in [-0.05, 0) is 74.1 Å². The third-order valence-corrected chi connectivity index (χ3v) is 18.0. The Morgan fingerprint density at radius 3 is 2.57 bits per heavy atom. The number of nitrogens with one attached hydrogen (secondary N) is 9. The van der Waals surface area contributed by atoms with Gasteiger partial charge in [0.15, 0.2) is 0 Å². The number of hydrazine groups is 3. The van der Waals surface area contributed by atoms with E-state index in [2.05, 4.69) is 80.1 Å². The lowest BCUT2D eigenvalue weighted by atomic mass is 9.89. The molecule has 414 valence electrons. The Kier molecular flexibility index (Phi) is 19.4. The number of ether oxygens (including phenoxy) is 2. The molecule has 10 N–H and O–H groups in total. The zero-order chi connectivity index (χ0) is 52.6. The molecule has 0 spiro atoms. The largest absolute Gasteiger partial charge is 0.491 e. The standard InChI is InChI=1S/C54H85N13O7S/c1-6-35(7-2)44-25-48(67-47(61-44)16-17-59-67)60-40-15-14-39(23-40)55-28-49(69)56-27-41-30-64(63-62-41)18-19-73-20-21-74-46-22-36(51-34(5)58-32-75-51)12-13-37(46)26-57-52(70)45-24-42(68)31-65(45)54(72)50(33(3)4)66-29-38-10-8-9-11-43(38)53(66)71/h8-13,22,33-35,39-42,44-45,47-48,50-51,55,58-63,68H,6-7,14-21,23-32H2,1-5H3,(H,56,69)(H,57,70)/t34?,39-,40-,41?,42+,44?,45-,47?,48?,50-,51?/m0/s1. The molecule has 6 unspecified atom stereocenters. The Bertz CT molecular complexity index is 2260. The molecule has 4 amide bonds. The van der Waals surface area contributed by atoms with Crippen molar-refractivity contribution >= 4 is 35.4 Å². The van der Waals surface area contributed by atoms with Gasteiger partial charge < -0.3 is 45.6 Å². The van der Waals surface area contributed by atoms with Gasteiger partial charge >= 0.3 is 0 Å². The third kappa shape index (κ3) is 13.7. The van der Waals surface area contributed by atoms with Gasteiger partial charge in [-0.3, -0.25) is 35.2 Å². The quantitative estimate of drug-likeness (QED) is 0.0675. The summed E-state index contributed by atoms with van der Waals surface area (Å²) in [6.07, 6.45) is 7.76. The fraction of sp³-hybridized carbons (Fsp3) is 0.704. The average Bonchev–Trinajstić information content (AvgIpc) is 4.30. The number of aliphatic hydroxyl groups is 1. The van der Waals surface area contributed by atoms with Crippen molar-refractivity contribution in [1.29, 1.82) is 0 Å². The summed E-state index contributed by atoms with van der Waals surface area (Å²) in [5.74, 6) is 1.07. The van der Waals surface area contributed by atoms with Crippen molar-refractivity contribution in [3.8, 4) is 5.75 Å². The third-order valence-electron chi connectivity index (χ3n) is 16.6. The number of carbonyl (C=O) groups is 4. The molecule has 75 heavy (non-hydrogen) atoms. The van der Waals surface area contributed by atoms with Gasteiger partial charge in [-0.2, -0.15) is 5.53 Å². The lowest BCUT2D eigenvalue weighted by molar-refractivity contribution is -0.143. The molecule has 6 aliphatic heterocycles. The average molecular weight is 1060 g/mol. The van der Waals surface area contributed by atoms with E-state index >= 15 is 0 Å². The zero-order valence-corrected chi connectivity index (χ0v) is 45.6. The molecule has 2 aromatic carbocycles. The van der Waals surface area contributed by atoms with Gasteiger partial charge in [-0.25, -0.2) is 15.4 Å². The Morgan fingerprint density at radius 2 is 1.79 bits per heavy atom. The van der Waals surface area contributed by atoms with E-state index in [1.807, 2.05) is 61.0 Å². The highest BCUT2D eigenvalue weighted by Crippen LogP contribution is 2.39. The Hall–Kier alpha value is -3.97. The molecule has 0 bridgehead atoms. The predicted molar refractivity (Wildman–Crippen MR) is 288 cm³/mol. The van der Waals surface area contributed by atoms with E-state index in [-0.39, 0.29) is 66.4 Å². The summed E-state index contributed by atoms with van der Waals surface area (Å²) in [7, 11) is 0. The van der Waals surface area contributed by atoms with Gasteiger partial charge in [-0.15, -0.1) is 11.8 Å². The van der Waals surface area contributed by atoms with E-state index in [1.54, 1.807) is 11.0 Å². The molecule has 21 heteroatoms. The number of hydrogen-bond donors (Lipinski definition) is 10. The number of carbonyl (C=O) groups excluding carboxylic acids is 4. The molecular formula is C54H85N13O7S. The maximum atomic E-state index is 14.3. The second-order valence-electron chi connectivity index (χ2n) is 22.1. The summed E-state index contributed by atoms with van der Waals surface area (Å²) >= 11 is 1.84. The van der Waals surface area contributed by atoms with Crippen molar-refractivity contribution in [3.05, 3.63) is 64.7 Å². The smallest absolute Gasteiger partial charge is 0.255 e. The van der Waals surface area contributed by atoms with Crippen molar-refractivity contribution in [1.82, 2.24) is 68.1 Å². The second-order valence-corrected chi connectivity index (χ2v) is 23.3. The summed E-state index contributed by atoms with van der Waals surface area (Å²) in [5, 5.41) is 36.6. The fourth-order valence-electron chi connectivity index (χ4n) is 12.5. The van der Waals surface area contributed by atoms with Crippen molar-refractivity contribution < 1.29 is 33.8 Å². The van der Waals surface area contributed by atoms with Crippen LogP contribution in [0.2, 0.25) is 0 Å². The predicted octanol–water partition coefficient (Wildman–Crippen LogP) is 1.63. The lowest BCUT2D eigenvalue weighted by Crippen LogP contribution is -2.66. The van der Waals surface area contributed by atoms with Gasteiger partial charge in [-0.1, -0.05) is 70.9 Å². The van der Waals surface area contributed by atoms with Crippen LogP contribution in [0.15, 0.2) is 42.5 Å².